The van der Waals surface area contributed by atoms with Crippen molar-refractivity contribution in [2.24, 2.45) is 0 Å². The van der Waals surface area contributed by atoms with Crippen molar-refractivity contribution in [3.63, 3.8) is 0 Å². The maximum Gasteiger partial charge on any atom is 0.191 e. The zero-order chi connectivity index (χ0) is 19.5. The summed E-state index contributed by atoms with van der Waals surface area (Å²) >= 11 is 9.21. The number of H-pyrrole nitrogens is 1. The molecule has 3 N–H and O–H groups in total. The maximum atomic E-state index is 12.2. The quantitative estimate of drug-likeness (QED) is 0.364. The van der Waals surface area contributed by atoms with Gasteiger partial charge in [0, 0.05) is 37.9 Å². The number of hydrogen-bond acceptors (Lipinski definition) is 4. The Balaban J connectivity index is 1.32. The molecule has 7 heteroatoms. The number of anilines is 1. The fourth-order valence-corrected chi connectivity index (χ4v) is 6.24. The van der Waals surface area contributed by atoms with Crippen molar-refractivity contribution in [2.75, 3.05) is 24.2 Å². The van der Waals surface area contributed by atoms with Gasteiger partial charge in [0.15, 0.2) is 5.43 Å². The Hall–Kier alpha value is -1.28. The van der Waals surface area contributed by atoms with E-state index in [-0.39, 0.29) is 5.43 Å². The van der Waals surface area contributed by atoms with Gasteiger partial charge in [-0.05, 0) is 70.9 Å². The van der Waals surface area contributed by atoms with Gasteiger partial charge < -0.3 is 15.6 Å². The summed E-state index contributed by atoms with van der Waals surface area (Å²) in [6.45, 7) is 1.72. The van der Waals surface area contributed by atoms with Crippen LogP contribution in [0, 0.1) is 0 Å². The summed E-state index contributed by atoms with van der Waals surface area (Å²) in [6.07, 6.45) is 2.11. The molecule has 4 rings (SSSR count). The van der Waals surface area contributed by atoms with Crippen molar-refractivity contribution in [1.82, 2.24) is 10.3 Å². The second-order valence-electron chi connectivity index (χ2n) is 6.82. The first-order valence-corrected chi connectivity index (χ1v) is 11.9. The Morgan fingerprint density at radius 3 is 2.89 bits per heavy atom. The van der Waals surface area contributed by atoms with Crippen molar-refractivity contribution >= 4 is 60.3 Å². The molecule has 0 aliphatic carbocycles. The van der Waals surface area contributed by atoms with Gasteiger partial charge in [0.25, 0.3) is 0 Å². The van der Waals surface area contributed by atoms with E-state index in [0.717, 1.165) is 57.4 Å². The van der Waals surface area contributed by atoms with Gasteiger partial charge >= 0.3 is 0 Å². The van der Waals surface area contributed by atoms with Crippen LogP contribution in [0.5, 0.6) is 0 Å². The lowest BCUT2D eigenvalue weighted by atomic mass is 10.0. The third kappa shape index (κ3) is 4.48. The molecule has 146 valence electrons. The van der Waals surface area contributed by atoms with E-state index in [1.165, 1.54) is 10.5 Å². The molecular formula is C21H21Br2N3OS. The zero-order valence-electron chi connectivity index (χ0n) is 15.2. The van der Waals surface area contributed by atoms with Crippen LogP contribution in [0.2, 0.25) is 0 Å². The summed E-state index contributed by atoms with van der Waals surface area (Å²) in [4.78, 5) is 16.8. The summed E-state index contributed by atoms with van der Waals surface area (Å²) in [5.41, 5.74) is 2.27. The summed E-state index contributed by atoms with van der Waals surface area (Å²) in [6, 6.07) is 13.9. The highest BCUT2D eigenvalue weighted by Crippen LogP contribution is 2.42. The van der Waals surface area contributed by atoms with Crippen LogP contribution in [0.4, 0.5) is 5.82 Å². The maximum absolute atomic E-state index is 12.2. The average molecular weight is 523 g/mol. The highest BCUT2D eigenvalue weighted by molar-refractivity contribution is 9.11. The standard InChI is InChI=1S/C21H21Br2N3OS/c22-13-10-15-17(6-9-28-21(15)16(23)11-13)24-7-3-8-25-20-12-19(27)14-4-1-2-5-18(14)26-20/h1-2,4-5,10-12,17,24H,3,6-9H2,(H2,25,26,27). The number of aromatic amines is 1. The summed E-state index contributed by atoms with van der Waals surface area (Å²) in [5, 5.41) is 7.75. The topological polar surface area (TPSA) is 56.9 Å². The number of aromatic nitrogens is 1. The summed E-state index contributed by atoms with van der Waals surface area (Å²) in [7, 11) is 0. The minimum atomic E-state index is 0.0439. The number of pyridine rings is 1. The normalized spacial score (nSPS) is 16.1. The van der Waals surface area contributed by atoms with Gasteiger partial charge in [-0.25, -0.2) is 0 Å². The fraction of sp³-hybridized carbons (Fsp3) is 0.286. The van der Waals surface area contributed by atoms with E-state index < -0.39 is 0 Å². The molecular weight excluding hydrogens is 502 g/mol. The number of fused-ring (bicyclic) bond motifs is 2. The predicted octanol–water partition coefficient (Wildman–Crippen LogP) is 5.68. The molecule has 1 aliphatic rings. The molecule has 1 aliphatic heterocycles. The molecule has 1 aromatic heterocycles. The van der Waals surface area contributed by atoms with Crippen LogP contribution in [-0.2, 0) is 0 Å². The second kappa shape index (κ2) is 9.03. The molecule has 2 aromatic carbocycles. The van der Waals surface area contributed by atoms with Crippen molar-refractivity contribution < 1.29 is 0 Å². The van der Waals surface area contributed by atoms with Crippen LogP contribution in [0.15, 0.2) is 61.1 Å². The minimum absolute atomic E-state index is 0.0439. The van der Waals surface area contributed by atoms with Crippen LogP contribution in [0.25, 0.3) is 10.9 Å². The lowest BCUT2D eigenvalue weighted by Crippen LogP contribution is -2.27. The molecule has 0 saturated heterocycles. The molecule has 4 nitrogen and oxygen atoms in total. The Bertz CT molecular complexity index is 1050. The molecule has 3 aromatic rings. The third-order valence-corrected chi connectivity index (χ3v) is 7.39. The Kier molecular flexibility index (Phi) is 6.45. The smallest absolute Gasteiger partial charge is 0.191 e. The number of para-hydroxylation sites is 1. The van der Waals surface area contributed by atoms with Crippen LogP contribution in [-0.4, -0.2) is 23.8 Å². The molecule has 0 bridgehead atoms. The SMILES string of the molecule is O=c1cc(NCCCNC2CCSc3c(Br)cc(Br)cc32)[nH]c2ccccc12. The number of thioether (sulfide) groups is 1. The van der Waals surface area contributed by atoms with E-state index in [1.54, 1.807) is 6.07 Å². The van der Waals surface area contributed by atoms with E-state index in [4.69, 9.17) is 0 Å². The van der Waals surface area contributed by atoms with Crippen molar-refractivity contribution in [2.45, 2.75) is 23.8 Å². The van der Waals surface area contributed by atoms with Gasteiger partial charge in [0.2, 0.25) is 0 Å². The Labute approximate surface area is 185 Å². The van der Waals surface area contributed by atoms with E-state index in [1.807, 2.05) is 36.0 Å². The summed E-state index contributed by atoms with van der Waals surface area (Å²) < 4.78 is 2.27. The number of benzene rings is 2. The van der Waals surface area contributed by atoms with Gasteiger partial charge in [-0.1, -0.05) is 28.1 Å². The molecule has 0 saturated carbocycles. The number of rotatable bonds is 6. The van der Waals surface area contributed by atoms with Gasteiger partial charge in [0.1, 0.15) is 5.82 Å². The first-order chi connectivity index (χ1) is 13.6. The lowest BCUT2D eigenvalue weighted by Gasteiger charge is -2.27. The third-order valence-electron chi connectivity index (χ3n) is 4.86. The van der Waals surface area contributed by atoms with E-state index >= 15 is 0 Å². The van der Waals surface area contributed by atoms with E-state index in [0.29, 0.717) is 6.04 Å². The first kappa shape index (κ1) is 20.0. The van der Waals surface area contributed by atoms with Crippen LogP contribution in [0.1, 0.15) is 24.4 Å². The lowest BCUT2D eigenvalue weighted by molar-refractivity contribution is 0.506. The van der Waals surface area contributed by atoms with Crippen molar-refractivity contribution in [1.29, 1.82) is 0 Å². The van der Waals surface area contributed by atoms with E-state index in [2.05, 4.69) is 59.6 Å². The van der Waals surface area contributed by atoms with Crippen LogP contribution in [0.3, 0.4) is 0 Å². The number of halogens is 2. The minimum Gasteiger partial charge on any atom is -0.371 e. The highest BCUT2D eigenvalue weighted by atomic mass is 79.9. The number of nitrogens with one attached hydrogen (secondary N) is 3. The molecule has 1 atom stereocenters. The molecule has 0 spiro atoms. The Morgan fingerprint density at radius 1 is 1.14 bits per heavy atom. The fourth-order valence-electron chi connectivity index (χ4n) is 3.52. The Morgan fingerprint density at radius 2 is 2.00 bits per heavy atom. The van der Waals surface area contributed by atoms with E-state index in [9.17, 15) is 4.79 Å². The van der Waals surface area contributed by atoms with Gasteiger partial charge in [0.05, 0.1) is 5.52 Å². The molecule has 28 heavy (non-hydrogen) atoms. The van der Waals surface area contributed by atoms with Crippen molar-refractivity contribution in [3.8, 4) is 0 Å². The summed E-state index contributed by atoms with van der Waals surface area (Å²) in [5.74, 6) is 1.90. The second-order valence-corrected chi connectivity index (χ2v) is 9.70. The molecule has 1 unspecified atom stereocenters. The monoisotopic (exact) mass is 521 g/mol. The van der Waals surface area contributed by atoms with Gasteiger partial charge in [-0.3, -0.25) is 4.79 Å². The van der Waals surface area contributed by atoms with Crippen molar-refractivity contribution in [3.05, 3.63) is 67.2 Å². The van der Waals surface area contributed by atoms with Crippen LogP contribution < -0.4 is 16.1 Å². The number of hydrogen-bond donors (Lipinski definition) is 3. The molecule has 0 amide bonds. The van der Waals surface area contributed by atoms with Gasteiger partial charge in [-0.15, -0.1) is 11.8 Å². The molecule has 2 heterocycles. The van der Waals surface area contributed by atoms with Crippen LogP contribution >= 0.6 is 43.6 Å². The van der Waals surface area contributed by atoms with Gasteiger partial charge in [-0.2, -0.15) is 0 Å². The first-order valence-electron chi connectivity index (χ1n) is 9.33. The highest BCUT2D eigenvalue weighted by Gasteiger charge is 2.22. The molecule has 0 radical (unpaired) electrons. The largest absolute Gasteiger partial charge is 0.371 e. The average Bonchev–Trinajstić information content (AvgIpc) is 2.68. The predicted molar refractivity (Wildman–Crippen MR) is 126 cm³/mol. The zero-order valence-corrected chi connectivity index (χ0v) is 19.2. The molecule has 0 fully saturated rings.